The summed E-state index contributed by atoms with van der Waals surface area (Å²) in [4.78, 5) is 8.06. The molecular formula is C12H12BrN3O. The number of aliphatic hydroxyl groups is 1. The first kappa shape index (κ1) is 12.0. The Hall–Kier alpha value is -1.46. The van der Waals surface area contributed by atoms with Crippen LogP contribution in [0.3, 0.4) is 0 Å². The minimum atomic E-state index is -0.634. The van der Waals surface area contributed by atoms with Crippen molar-refractivity contribution < 1.29 is 5.11 Å². The van der Waals surface area contributed by atoms with Crippen molar-refractivity contribution in [2.75, 3.05) is 5.73 Å². The molecule has 17 heavy (non-hydrogen) atoms. The molecular weight excluding hydrogens is 282 g/mol. The number of nitrogen functional groups attached to an aromatic ring is 1. The number of hydrogen-bond donors (Lipinski definition) is 2. The molecule has 2 aromatic rings. The zero-order valence-corrected chi connectivity index (χ0v) is 10.6. The molecule has 2 aromatic heterocycles. The molecule has 3 N–H and O–H groups in total. The maximum atomic E-state index is 10.0. The predicted molar refractivity (Wildman–Crippen MR) is 69.3 cm³/mol. The zero-order chi connectivity index (χ0) is 12.3. The minimum Gasteiger partial charge on any atom is -0.386 e. The molecule has 0 amide bonds. The van der Waals surface area contributed by atoms with Crippen LogP contribution in [0.4, 0.5) is 5.82 Å². The lowest BCUT2D eigenvalue weighted by atomic mass is 10.1. The van der Waals surface area contributed by atoms with Crippen LogP contribution >= 0.6 is 15.9 Å². The normalized spacial score (nSPS) is 12.4. The van der Waals surface area contributed by atoms with Gasteiger partial charge in [-0.15, -0.1) is 0 Å². The number of anilines is 1. The van der Waals surface area contributed by atoms with E-state index in [0.29, 0.717) is 17.9 Å². The average Bonchev–Trinajstić information content (AvgIpc) is 2.29. The summed E-state index contributed by atoms with van der Waals surface area (Å²) < 4.78 is 0.890. The Morgan fingerprint density at radius 3 is 2.76 bits per heavy atom. The summed E-state index contributed by atoms with van der Waals surface area (Å²) in [6, 6.07) is 7.23. The fourth-order valence-corrected chi connectivity index (χ4v) is 1.77. The summed E-state index contributed by atoms with van der Waals surface area (Å²) >= 11 is 3.30. The molecule has 0 saturated heterocycles. The third kappa shape index (κ3) is 3.25. The first-order valence-corrected chi connectivity index (χ1v) is 5.94. The monoisotopic (exact) mass is 293 g/mol. The molecule has 0 bridgehead atoms. The van der Waals surface area contributed by atoms with Crippen molar-refractivity contribution in [3.63, 3.8) is 0 Å². The summed E-state index contributed by atoms with van der Waals surface area (Å²) in [6.07, 6.45) is 3.14. The number of halogens is 1. The molecule has 1 atom stereocenters. The molecule has 0 aliphatic carbocycles. The minimum absolute atomic E-state index is 0.457. The van der Waals surface area contributed by atoms with E-state index in [9.17, 15) is 5.11 Å². The smallest absolute Gasteiger partial charge is 0.123 e. The molecule has 88 valence electrons. The highest BCUT2D eigenvalue weighted by atomic mass is 79.9. The van der Waals surface area contributed by atoms with E-state index in [2.05, 4.69) is 25.9 Å². The third-order valence-electron chi connectivity index (χ3n) is 2.37. The zero-order valence-electron chi connectivity index (χ0n) is 9.05. The standard InChI is InChI=1S/C12H12BrN3O/c13-9-1-2-10(16-7-9)11(17)5-8-3-4-15-12(14)6-8/h1-4,6-7,11,17H,5H2,(H2,14,15). The van der Waals surface area contributed by atoms with Gasteiger partial charge in [-0.3, -0.25) is 4.98 Å². The van der Waals surface area contributed by atoms with E-state index in [1.54, 1.807) is 24.5 Å². The van der Waals surface area contributed by atoms with Gasteiger partial charge in [-0.05, 0) is 45.8 Å². The number of nitrogens with two attached hydrogens (primary N) is 1. The van der Waals surface area contributed by atoms with Gasteiger partial charge in [0, 0.05) is 23.3 Å². The summed E-state index contributed by atoms with van der Waals surface area (Å²) in [5.74, 6) is 0.457. The second kappa shape index (κ2) is 5.25. The van der Waals surface area contributed by atoms with Gasteiger partial charge in [-0.1, -0.05) is 0 Å². The lowest BCUT2D eigenvalue weighted by Gasteiger charge is -2.10. The van der Waals surface area contributed by atoms with Crippen LogP contribution in [0.1, 0.15) is 17.4 Å². The number of hydrogen-bond acceptors (Lipinski definition) is 4. The van der Waals surface area contributed by atoms with Crippen molar-refractivity contribution in [3.8, 4) is 0 Å². The molecule has 0 saturated carbocycles. The molecule has 0 aliphatic rings. The van der Waals surface area contributed by atoms with E-state index < -0.39 is 6.10 Å². The van der Waals surface area contributed by atoms with Crippen LogP contribution < -0.4 is 5.73 Å². The molecule has 2 heterocycles. The largest absolute Gasteiger partial charge is 0.386 e. The van der Waals surface area contributed by atoms with Crippen LogP contribution in [0.25, 0.3) is 0 Å². The van der Waals surface area contributed by atoms with Crippen LogP contribution in [0, 0.1) is 0 Å². The Morgan fingerprint density at radius 1 is 1.29 bits per heavy atom. The number of aliphatic hydroxyl groups excluding tert-OH is 1. The van der Waals surface area contributed by atoms with Gasteiger partial charge in [0.15, 0.2) is 0 Å². The lowest BCUT2D eigenvalue weighted by molar-refractivity contribution is 0.173. The lowest BCUT2D eigenvalue weighted by Crippen LogP contribution is -2.04. The van der Waals surface area contributed by atoms with Gasteiger partial charge in [0.25, 0.3) is 0 Å². The topological polar surface area (TPSA) is 72.0 Å². The number of pyridine rings is 2. The van der Waals surface area contributed by atoms with Crippen molar-refractivity contribution >= 4 is 21.7 Å². The van der Waals surface area contributed by atoms with Gasteiger partial charge in [-0.2, -0.15) is 0 Å². The van der Waals surface area contributed by atoms with E-state index in [1.165, 1.54) is 0 Å². The van der Waals surface area contributed by atoms with E-state index >= 15 is 0 Å². The van der Waals surface area contributed by atoms with Crippen molar-refractivity contribution in [3.05, 3.63) is 52.4 Å². The van der Waals surface area contributed by atoms with Gasteiger partial charge in [0.1, 0.15) is 5.82 Å². The number of aromatic nitrogens is 2. The Bertz CT molecular complexity index is 501. The van der Waals surface area contributed by atoms with Crippen molar-refractivity contribution in [1.29, 1.82) is 0 Å². The van der Waals surface area contributed by atoms with Crippen molar-refractivity contribution in [2.24, 2.45) is 0 Å². The Balaban J connectivity index is 2.11. The Kier molecular flexibility index (Phi) is 3.71. The molecule has 0 spiro atoms. The highest BCUT2D eigenvalue weighted by Gasteiger charge is 2.10. The van der Waals surface area contributed by atoms with Crippen LogP contribution in [0.2, 0.25) is 0 Å². The second-order valence-corrected chi connectivity index (χ2v) is 4.63. The molecule has 0 fully saturated rings. The van der Waals surface area contributed by atoms with E-state index in [1.807, 2.05) is 12.1 Å². The van der Waals surface area contributed by atoms with Crippen molar-refractivity contribution in [1.82, 2.24) is 9.97 Å². The summed E-state index contributed by atoms with van der Waals surface area (Å²) in [5, 5.41) is 10.0. The highest BCUT2D eigenvalue weighted by molar-refractivity contribution is 9.10. The molecule has 5 heteroatoms. The van der Waals surface area contributed by atoms with Gasteiger partial charge >= 0.3 is 0 Å². The van der Waals surface area contributed by atoms with Gasteiger partial charge in [0.05, 0.1) is 11.8 Å². The first-order valence-electron chi connectivity index (χ1n) is 5.15. The molecule has 0 radical (unpaired) electrons. The number of nitrogens with zero attached hydrogens (tertiary/aromatic N) is 2. The Morgan fingerprint density at radius 2 is 2.12 bits per heavy atom. The highest BCUT2D eigenvalue weighted by Crippen LogP contribution is 2.18. The Labute approximate surface area is 108 Å². The van der Waals surface area contributed by atoms with Gasteiger partial charge < -0.3 is 10.8 Å². The van der Waals surface area contributed by atoms with Crippen LogP contribution in [-0.2, 0) is 6.42 Å². The van der Waals surface area contributed by atoms with Crippen LogP contribution in [0.5, 0.6) is 0 Å². The first-order chi connectivity index (χ1) is 8.15. The molecule has 0 aliphatic heterocycles. The quantitative estimate of drug-likeness (QED) is 0.909. The maximum absolute atomic E-state index is 10.0. The predicted octanol–water partition coefficient (Wildman–Crippen LogP) is 2.10. The van der Waals surface area contributed by atoms with E-state index in [0.717, 1.165) is 10.0 Å². The SMILES string of the molecule is Nc1cc(CC(O)c2ccc(Br)cn2)ccn1. The number of rotatable bonds is 3. The summed E-state index contributed by atoms with van der Waals surface area (Å²) in [7, 11) is 0. The fraction of sp³-hybridized carbons (Fsp3) is 0.167. The van der Waals surface area contributed by atoms with Crippen LogP contribution in [-0.4, -0.2) is 15.1 Å². The van der Waals surface area contributed by atoms with Gasteiger partial charge in [-0.25, -0.2) is 4.98 Å². The van der Waals surface area contributed by atoms with Crippen molar-refractivity contribution in [2.45, 2.75) is 12.5 Å². The molecule has 1 unspecified atom stereocenters. The average molecular weight is 294 g/mol. The van der Waals surface area contributed by atoms with E-state index in [4.69, 9.17) is 5.73 Å². The maximum Gasteiger partial charge on any atom is 0.123 e. The van der Waals surface area contributed by atoms with Crippen LogP contribution in [0.15, 0.2) is 41.1 Å². The summed E-state index contributed by atoms with van der Waals surface area (Å²) in [5.41, 5.74) is 7.16. The molecule has 0 aromatic carbocycles. The summed E-state index contributed by atoms with van der Waals surface area (Å²) in [6.45, 7) is 0. The third-order valence-corrected chi connectivity index (χ3v) is 2.84. The molecule has 2 rings (SSSR count). The molecule has 4 nitrogen and oxygen atoms in total. The fourth-order valence-electron chi connectivity index (χ4n) is 1.53. The van der Waals surface area contributed by atoms with E-state index in [-0.39, 0.29) is 0 Å². The second-order valence-electron chi connectivity index (χ2n) is 3.71. The van der Waals surface area contributed by atoms with Gasteiger partial charge in [0.2, 0.25) is 0 Å².